The van der Waals surface area contributed by atoms with Gasteiger partial charge in [0.25, 0.3) is 0 Å². The van der Waals surface area contributed by atoms with Gasteiger partial charge in [0.05, 0.1) is 16.3 Å². The highest BCUT2D eigenvalue weighted by Gasteiger charge is 2.09. The maximum absolute atomic E-state index is 5.67. The number of rotatable bonds is 3. The maximum Gasteiger partial charge on any atom is 0.153 e. The van der Waals surface area contributed by atoms with E-state index in [1.165, 1.54) is 0 Å². The topological polar surface area (TPSA) is 35.0 Å². The van der Waals surface area contributed by atoms with Crippen LogP contribution in [0.5, 0.6) is 5.75 Å². The van der Waals surface area contributed by atoms with Gasteiger partial charge in [0.1, 0.15) is 5.75 Å². The van der Waals surface area contributed by atoms with Crippen molar-refractivity contribution in [2.75, 3.05) is 0 Å². The molecule has 0 aliphatic rings. The third-order valence-electron chi connectivity index (χ3n) is 2.35. The van der Waals surface area contributed by atoms with E-state index in [0.29, 0.717) is 0 Å². The third kappa shape index (κ3) is 2.23. The minimum Gasteiger partial charge on any atom is -0.491 e. The van der Waals surface area contributed by atoms with Crippen molar-refractivity contribution < 1.29 is 4.74 Å². The molecule has 2 heterocycles. The van der Waals surface area contributed by atoms with Crippen molar-refractivity contribution in [2.24, 2.45) is 0 Å². The Morgan fingerprint density at radius 2 is 2.11 bits per heavy atom. The normalized spacial score (nSPS) is 11.3. The van der Waals surface area contributed by atoms with E-state index in [4.69, 9.17) is 4.74 Å². The van der Waals surface area contributed by atoms with Crippen LogP contribution < -0.4 is 4.74 Å². The van der Waals surface area contributed by atoms with E-state index < -0.39 is 0 Å². The number of ether oxygens (including phenoxy) is 1. The van der Waals surface area contributed by atoms with Gasteiger partial charge in [0, 0.05) is 17.6 Å². The molecule has 2 aromatic heterocycles. The predicted molar refractivity (Wildman–Crippen MR) is 76.5 cm³/mol. The van der Waals surface area contributed by atoms with Crippen LogP contribution in [0.25, 0.3) is 20.2 Å². The summed E-state index contributed by atoms with van der Waals surface area (Å²) in [6.07, 6.45) is 1.99. The average Bonchev–Trinajstić information content (AvgIpc) is 2.95. The first-order valence-electron chi connectivity index (χ1n) is 5.69. The maximum atomic E-state index is 5.67. The molecule has 3 rings (SSSR count). The Morgan fingerprint density at radius 3 is 2.83 bits per heavy atom. The third-order valence-corrected chi connectivity index (χ3v) is 4.30. The number of benzene rings is 1. The summed E-state index contributed by atoms with van der Waals surface area (Å²) in [6, 6.07) is 6.04. The minimum absolute atomic E-state index is 0.180. The molecular formula is C13H12N2OS2. The summed E-state index contributed by atoms with van der Waals surface area (Å²) < 4.78 is 6.84. The lowest BCUT2D eigenvalue weighted by Gasteiger charge is -2.08. The summed E-state index contributed by atoms with van der Waals surface area (Å²) in [7, 11) is 0. The molecule has 18 heavy (non-hydrogen) atoms. The van der Waals surface area contributed by atoms with Crippen LogP contribution in [0.15, 0.2) is 29.8 Å². The predicted octanol–water partition coefficient (Wildman–Crippen LogP) is 4.21. The van der Waals surface area contributed by atoms with E-state index in [1.807, 2.05) is 31.4 Å². The highest BCUT2D eigenvalue weighted by Crippen LogP contribution is 2.33. The molecule has 0 fully saturated rings. The van der Waals surface area contributed by atoms with Crippen molar-refractivity contribution in [3.8, 4) is 15.8 Å². The lowest BCUT2D eigenvalue weighted by Crippen LogP contribution is -2.05. The van der Waals surface area contributed by atoms with Crippen LogP contribution in [0.2, 0.25) is 0 Å². The molecule has 0 saturated carbocycles. The van der Waals surface area contributed by atoms with Crippen molar-refractivity contribution in [2.45, 2.75) is 20.0 Å². The van der Waals surface area contributed by atoms with Gasteiger partial charge in [-0.2, -0.15) is 0 Å². The first-order chi connectivity index (χ1) is 8.72. The molecule has 0 spiro atoms. The molecule has 92 valence electrons. The van der Waals surface area contributed by atoms with Crippen molar-refractivity contribution in [3.05, 3.63) is 29.8 Å². The minimum atomic E-state index is 0.180. The standard InChI is InChI=1S/C13H12N2OS2/c1-8(2)16-9-3-4-11-10(7-9)15-13(18-11)12-14-5-6-17-12/h3-8H,1-2H3. The molecule has 0 N–H and O–H groups in total. The van der Waals surface area contributed by atoms with E-state index >= 15 is 0 Å². The van der Waals surface area contributed by atoms with Crippen LogP contribution in [0.1, 0.15) is 13.8 Å². The molecule has 0 saturated heterocycles. The molecule has 0 radical (unpaired) electrons. The van der Waals surface area contributed by atoms with Gasteiger partial charge in [-0.25, -0.2) is 9.97 Å². The number of hydrogen-bond acceptors (Lipinski definition) is 5. The smallest absolute Gasteiger partial charge is 0.153 e. The lowest BCUT2D eigenvalue weighted by molar-refractivity contribution is 0.243. The Bertz CT molecular complexity index is 659. The van der Waals surface area contributed by atoms with Crippen molar-refractivity contribution in [1.29, 1.82) is 0 Å². The van der Waals surface area contributed by atoms with Gasteiger partial charge in [-0.15, -0.1) is 22.7 Å². The summed E-state index contributed by atoms with van der Waals surface area (Å²) >= 11 is 3.28. The van der Waals surface area contributed by atoms with Gasteiger partial charge in [0.15, 0.2) is 10.0 Å². The number of nitrogens with zero attached hydrogens (tertiary/aromatic N) is 2. The number of fused-ring (bicyclic) bond motifs is 1. The zero-order chi connectivity index (χ0) is 12.5. The van der Waals surface area contributed by atoms with Crippen LogP contribution in [0.4, 0.5) is 0 Å². The molecule has 3 nitrogen and oxygen atoms in total. The Hall–Kier alpha value is -1.46. The van der Waals surface area contributed by atoms with E-state index in [-0.39, 0.29) is 6.10 Å². The number of thiazole rings is 2. The SMILES string of the molecule is CC(C)Oc1ccc2sc(-c3nccs3)nc2c1. The molecular weight excluding hydrogens is 264 g/mol. The van der Waals surface area contributed by atoms with E-state index in [1.54, 1.807) is 28.9 Å². The molecule has 0 amide bonds. The number of hydrogen-bond donors (Lipinski definition) is 0. The fourth-order valence-electron chi connectivity index (χ4n) is 1.67. The Morgan fingerprint density at radius 1 is 1.22 bits per heavy atom. The fraction of sp³-hybridized carbons (Fsp3) is 0.231. The van der Waals surface area contributed by atoms with Crippen LogP contribution in [0, 0.1) is 0 Å². The molecule has 0 atom stereocenters. The molecule has 0 aliphatic carbocycles. The van der Waals surface area contributed by atoms with Gasteiger partial charge in [-0.1, -0.05) is 0 Å². The van der Waals surface area contributed by atoms with Gasteiger partial charge >= 0.3 is 0 Å². The first-order valence-corrected chi connectivity index (χ1v) is 7.39. The van der Waals surface area contributed by atoms with Crippen LogP contribution in [-0.2, 0) is 0 Å². The quantitative estimate of drug-likeness (QED) is 0.719. The summed E-state index contributed by atoms with van der Waals surface area (Å²) in [5, 5.41) is 3.92. The van der Waals surface area contributed by atoms with Crippen LogP contribution in [-0.4, -0.2) is 16.1 Å². The van der Waals surface area contributed by atoms with Gasteiger partial charge in [0.2, 0.25) is 0 Å². The highest BCUT2D eigenvalue weighted by atomic mass is 32.1. The zero-order valence-electron chi connectivity index (χ0n) is 10.1. The average molecular weight is 276 g/mol. The summed E-state index contributed by atoms with van der Waals surface area (Å²) in [6.45, 7) is 4.04. The van der Waals surface area contributed by atoms with Crippen LogP contribution >= 0.6 is 22.7 Å². The van der Waals surface area contributed by atoms with E-state index in [0.717, 1.165) is 26.0 Å². The Kier molecular flexibility index (Phi) is 3.01. The Balaban J connectivity index is 2.02. The second kappa shape index (κ2) is 4.66. The largest absolute Gasteiger partial charge is 0.491 e. The van der Waals surface area contributed by atoms with Crippen molar-refractivity contribution in [1.82, 2.24) is 9.97 Å². The van der Waals surface area contributed by atoms with Gasteiger partial charge in [-0.3, -0.25) is 0 Å². The molecule has 5 heteroatoms. The summed E-state index contributed by atoms with van der Waals surface area (Å²) in [4.78, 5) is 8.90. The second-order valence-electron chi connectivity index (χ2n) is 4.15. The molecule has 0 aliphatic heterocycles. The van der Waals surface area contributed by atoms with Crippen LogP contribution in [0.3, 0.4) is 0 Å². The van der Waals surface area contributed by atoms with Crippen molar-refractivity contribution in [3.63, 3.8) is 0 Å². The van der Waals surface area contributed by atoms with Gasteiger partial charge in [-0.05, 0) is 26.0 Å². The van der Waals surface area contributed by atoms with Gasteiger partial charge < -0.3 is 4.74 Å². The fourth-order valence-corrected chi connectivity index (χ4v) is 3.30. The second-order valence-corrected chi connectivity index (χ2v) is 6.08. The Labute approximate surface area is 113 Å². The summed E-state index contributed by atoms with van der Waals surface area (Å²) in [5.41, 5.74) is 0.975. The van der Waals surface area contributed by atoms with Crippen molar-refractivity contribution >= 4 is 32.9 Å². The summed E-state index contributed by atoms with van der Waals surface area (Å²) in [5.74, 6) is 0.869. The van der Waals surface area contributed by atoms with E-state index in [9.17, 15) is 0 Å². The molecule has 3 aromatic rings. The molecule has 0 bridgehead atoms. The van der Waals surface area contributed by atoms with E-state index in [2.05, 4.69) is 16.0 Å². The lowest BCUT2D eigenvalue weighted by atomic mass is 10.3. The zero-order valence-corrected chi connectivity index (χ0v) is 11.7. The molecule has 1 aromatic carbocycles. The molecule has 0 unspecified atom stereocenters. The highest BCUT2D eigenvalue weighted by molar-refractivity contribution is 7.24. The monoisotopic (exact) mass is 276 g/mol. The first kappa shape index (κ1) is 11.6. The number of aromatic nitrogens is 2.